The van der Waals surface area contributed by atoms with Crippen LogP contribution in [0, 0.1) is 0 Å². The lowest BCUT2D eigenvalue weighted by molar-refractivity contribution is -0.115. The minimum Gasteiger partial charge on any atom is -0.490 e. The van der Waals surface area contributed by atoms with E-state index in [1.807, 2.05) is 19.9 Å². The number of aromatic nitrogens is 4. The van der Waals surface area contributed by atoms with Crippen LogP contribution in [0.5, 0.6) is 11.5 Å². The predicted molar refractivity (Wildman–Crippen MR) is 101 cm³/mol. The van der Waals surface area contributed by atoms with E-state index in [0.29, 0.717) is 42.0 Å². The molecule has 0 saturated carbocycles. The SMILES string of the molecule is CCCOc1ccc(NC(=O)Cc2nc3ncccn3n2)cc1OCCC. The average molecular weight is 369 g/mol. The Bertz CT molecular complexity index is 876. The zero-order valence-corrected chi connectivity index (χ0v) is 15.5. The molecule has 0 spiro atoms. The maximum absolute atomic E-state index is 12.3. The molecule has 8 nitrogen and oxygen atoms in total. The van der Waals surface area contributed by atoms with E-state index >= 15 is 0 Å². The van der Waals surface area contributed by atoms with Gasteiger partial charge in [-0.1, -0.05) is 13.8 Å². The molecule has 2 heterocycles. The number of nitrogens with zero attached hydrogens (tertiary/aromatic N) is 4. The Morgan fingerprint density at radius 2 is 1.93 bits per heavy atom. The number of fused-ring (bicyclic) bond motifs is 1. The van der Waals surface area contributed by atoms with Crippen molar-refractivity contribution >= 4 is 17.4 Å². The van der Waals surface area contributed by atoms with Gasteiger partial charge in [0, 0.05) is 24.1 Å². The van der Waals surface area contributed by atoms with Crippen LogP contribution in [0.1, 0.15) is 32.5 Å². The highest BCUT2D eigenvalue weighted by atomic mass is 16.5. The fraction of sp³-hybridized carbons (Fsp3) is 0.368. The summed E-state index contributed by atoms with van der Waals surface area (Å²) in [5, 5.41) is 7.09. The van der Waals surface area contributed by atoms with Gasteiger partial charge in [-0.15, -0.1) is 5.10 Å². The monoisotopic (exact) mass is 369 g/mol. The fourth-order valence-electron chi connectivity index (χ4n) is 2.44. The number of benzene rings is 1. The van der Waals surface area contributed by atoms with Crippen molar-refractivity contribution in [3.63, 3.8) is 0 Å². The minimum atomic E-state index is -0.213. The molecule has 0 aliphatic rings. The van der Waals surface area contributed by atoms with Crippen LogP contribution in [0.2, 0.25) is 0 Å². The molecule has 142 valence electrons. The summed E-state index contributed by atoms with van der Waals surface area (Å²) in [5.74, 6) is 1.97. The molecule has 3 rings (SSSR count). The molecule has 1 aromatic carbocycles. The Morgan fingerprint density at radius 3 is 2.67 bits per heavy atom. The lowest BCUT2D eigenvalue weighted by Gasteiger charge is -2.14. The van der Waals surface area contributed by atoms with E-state index in [2.05, 4.69) is 20.4 Å². The van der Waals surface area contributed by atoms with Crippen molar-refractivity contribution in [1.29, 1.82) is 0 Å². The van der Waals surface area contributed by atoms with Crippen LogP contribution in [-0.2, 0) is 11.2 Å². The van der Waals surface area contributed by atoms with Crippen molar-refractivity contribution in [3.8, 4) is 11.5 Å². The number of nitrogens with one attached hydrogen (secondary N) is 1. The second-order valence-electron chi connectivity index (χ2n) is 5.98. The van der Waals surface area contributed by atoms with Gasteiger partial charge in [-0.25, -0.2) is 9.50 Å². The summed E-state index contributed by atoms with van der Waals surface area (Å²) in [6.07, 6.45) is 5.23. The van der Waals surface area contributed by atoms with Crippen molar-refractivity contribution < 1.29 is 14.3 Å². The summed E-state index contributed by atoms with van der Waals surface area (Å²) in [6.45, 7) is 5.28. The van der Waals surface area contributed by atoms with Gasteiger partial charge in [0.15, 0.2) is 17.3 Å². The number of carbonyl (C=O) groups excluding carboxylic acids is 1. The maximum atomic E-state index is 12.3. The van der Waals surface area contributed by atoms with Crippen LogP contribution in [0.4, 0.5) is 5.69 Å². The van der Waals surface area contributed by atoms with Gasteiger partial charge >= 0.3 is 0 Å². The molecule has 0 aliphatic carbocycles. The van der Waals surface area contributed by atoms with Gasteiger partial charge in [0.25, 0.3) is 5.78 Å². The number of hydrogen-bond acceptors (Lipinski definition) is 6. The number of hydrogen-bond donors (Lipinski definition) is 1. The molecule has 1 amide bonds. The van der Waals surface area contributed by atoms with Crippen molar-refractivity contribution in [2.24, 2.45) is 0 Å². The summed E-state index contributed by atoms with van der Waals surface area (Å²) < 4.78 is 13.0. The third-order valence-electron chi connectivity index (χ3n) is 3.63. The Hall–Kier alpha value is -3.16. The van der Waals surface area contributed by atoms with Crippen LogP contribution < -0.4 is 14.8 Å². The Balaban J connectivity index is 1.68. The minimum absolute atomic E-state index is 0.0581. The van der Waals surface area contributed by atoms with Gasteiger partial charge in [-0.05, 0) is 31.0 Å². The van der Waals surface area contributed by atoms with Crippen LogP contribution in [0.15, 0.2) is 36.7 Å². The van der Waals surface area contributed by atoms with Crippen LogP contribution >= 0.6 is 0 Å². The highest BCUT2D eigenvalue weighted by molar-refractivity contribution is 5.92. The Kier molecular flexibility index (Phi) is 6.19. The summed E-state index contributed by atoms with van der Waals surface area (Å²) in [7, 11) is 0. The summed E-state index contributed by atoms with van der Waals surface area (Å²) in [4.78, 5) is 20.7. The third-order valence-corrected chi connectivity index (χ3v) is 3.63. The summed E-state index contributed by atoms with van der Waals surface area (Å²) >= 11 is 0. The van der Waals surface area contributed by atoms with Gasteiger partial charge in [0.2, 0.25) is 5.91 Å². The molecule has 27 heavy (non-hydrogen) atoms. The Labute approximate surface area is 157 Å². The standard InChI is InChI=1S/C19H23N5O3/c1-3-10-26-15-7-6-14(12-16(15)27-11-4-2)21-18(25)13-17-22-19-20-8-5-9-24(19)23-17/h5-9,12H,3-4,10-11,13H2,1-2H3,(H,21,25). The van der Waals surface area contributed by atoms with Crippen molar-refractivity contribution in [1.82, 2.24) is 19.6 Å². The first-order valence-electron chi connectivity index (χ1n) is 9.05. The summed E-state index contributed by atoms with van der Waals surface area (Å²) in [5.41, 5.74) is 0.636. The fourth-order valence-corrected chi connectivity index (χ4v) is 2.44. The third kappa shape index (κ3) is 4.93. The van der Waals surface area contributed by atoms with Gasteiger partial charge < -0.3 is 14.8 Å². The van der Waals surface area contributed by atoms with Gasteiger partial charge in [-0.3, -0.25) is 4.79 Å². The number of carbonyl (C=O) groups is 1. The van der Waals surface area contributed by atoms with Gasteiger partial charge in [0.1, 0.15) is 0 Å². The first-order chi connectivity index (χ1) is 13.2. The molecule has 1 N–H and O–H groups in total. The van der Waals surface area contributed by atoms with E-state index in [-0.39, 0.29) is 12.3 Å². The number of amides is 1. The van der Waals surface area contributed by atoms with E-state index in [0.717, 1.165) is 12.8 Å². The Morgan fingerprint density at radius 1 is 1.15 bits per heavy atom. The molecule has 0 fully saturated rings. The molecule has 3 aromatic rings. The summed E-state index contributed by atoms with van der Waals surface area (Å²) in [6, 6.07) is 7.13. The highest BCUT2D eigenvalue weighted by Crippen LogP contribution is 2.31. The molecular weight excluding hydrogens is 346 g/mol. The average Bonchev–Trinajstić information content (AvgIpc) is 3.07. The zero-order chi connectivity index (χ0) is 19.1. The van der Waals surface area contributed by atoms with Crippen LogP contribution in [0.25, 0.3) is 5.78 Å². The van der Waals surface area contributed by atoms with E-state index in [1.54, 1.807) is 35.1 Å². The number of anilines is 1. The molecular formula is C19H23N5O3. The largest absolute Gasteiger partial charge is 0.490 e. The number of rotatable bonds is 9. The van der Waals surface area contributed by atoms with Crippen molar-refractivity contribution in [3.05, 3.63) is 42.5 Å². The second-order valence-corrected chi connectivity index (χ2v) is 5.98. The van der Waals surface area contributed by atoms with E-state index in [1.165, 1.54) is 0 Å². The number of ether oxygens (including phenoxy) is 2. The van der Waals surface area contributed by atoms with Crippen LogP contribution in [-0.4, -0.2) is 38.7 Å². The van der Waals surface area contributed by atoms with Gasteiger partial charge in [-0.2, -0.15) is 4.98 Å². The smallest absolute Gasteiger partial charge is 0.252 e. The van der Waals surface area contributed by atoms with E-state index < -0.39 is 0 Å². The van der Waals surface area contributed by atoms with Crippen molar-refractivity contribution in [2.45, 2.75) is 33.1 Å². The topological polar surface area (TPSA) is 90.6 Å². The molecule has 0 aliphatic heterocycles. The lowest BCUT2D eigenvalue weighted by Crippen LogP contribution is -2.15. The quantitative estimate of drug-likeness (QED) is 0.624. The predicted octanol–water partition coefficient (Wildman–Crippen LogP) is 2.88. The van der Waals surface area contributed by atoms with Gasteiger partial charge in [0.05, 0.1) is 19.6 Å². The highest BCUT2D eigenvalue weighted by Gasteiger charge is 2.12. The van der Waals surface area contributed by atoms with Crippen molar-refractivity contribution in [2.75, 3.05) is 18.5 Å². The van der Waals surface area contributed by atoms with E-state index in [9.17, 15) is 4.79 Å². The first kappa shape index (κ1) is 18.6. The molecule has 0 unspecified atom stereocenters. The normalized spacial score (nSPS) is 10.7. The van der Waals surface area contributed by atoms with E-state index in [4.69, 9.17) is 9.47 Å². The molecule has 2 aromatic heterocycles. The molecule has 0 bridgehead atoms. The first-order valence-corrected chi connectivity index (χ1v) is 9.05. The molecule has 0 atom stereocenters. The molecule has 0 radical (unpaired) electrons. The second kappa shape index (κ2) is 8.98. The lowest BCUT2D eigenvalue weighted by atomic mass is 10.2. The van der Waals surface area contributed by atoms with Crippen LogP contribution in [0.3, 0.4) is 0 Å². The molecule has 8 heteroatoms. The maximum Gasteiger partial charge on any atom is 0.252 e. The zero-order valence-electron chi connectivity index (χ0n) is 15.5. The molecule has 0 saturated heterocycles.